The van der Waals surface area contributed by atoms with E-state index in [9.17, 15) is 22.8 Å². The maximum Gasteiger partial charge on any atom is 0.417 e. The largest absolute Gasteiger partial charge is 0.439 e. The Morgan fingerprint density at radius 1 is 1.19 bits per heavy atom. The first kappa shape index (κ1) is 18.4. The van der Waals surface area contributed by atoms with Crippen LogP contribution in [0.4, 0.5) is 4.79 Å². The average Bonchev–Trinajstić information content (AvgIpc) is 2.86. The molecule has 0 unspecified atom stereocenters. The van der Waals surface area contributed by atoms with E-state index in [1.807, 2.05) is 0 Å². The zero-order valence-corrected chi connectivity index (χ0v) is 15.2. The molecule has 2 fully saturated rings. The van der Waals surface area contributed by atoms with Crippen molar-refractivity contribution < 1.29 is 27.5 Å². The molecule has 9 heteroatoms. The van der Waals surface area contributed by atoms with Gasteiger partial charge < -0.3 is 9.64 Å². The van der Waals surface area contributed by atoms with E-state index >= 15 is 0 Å². The van der Waals surface area contributed by atoms with Crippen LogP contribution in [0.1, 0.15) is 12.0 Å². The third-order valence-corrected chi connectivity index (χ3v) is 5.70. The van der Waals surface area contributed by atoms with E-state index in [2.05, 4.69) is 4.74 Å². The lowest BCUT2D eigenvalue weighted by molar-refractivity contribution is -0.138. The zero-order chi connectivity index (χ0) is 18.9. The standard InChI is InChI=1S/C17H20N2O6S/c1-26(23,24)14-5-2-12(3-6-14)4-7-15(20)18-8-13(9-18)10-19-16(21)11-25-17(19)22/h2-3,5-6,13H,4,7-11H2,1H3. The molecule has 0 N–H and O–H groups in total. The van der Waals surface area contributed by atoms with Crippen LogP contribution in [-0.2, 0) is 30.6 Å². The van der Waals surface area contributed by atoms with Gasteiger partial charge in [0.15, 0.2) is 16.4 Å². The fraction of sp³-hybridized carbons (Fsp3) is 0.471. The molecule has 3 rings (SSSR count). The minimum atomic E-state index is -3.22. The lowest BCUT2D eigenvalue weighted by Crippen LogP contribution is -2.54. The molecule has 26 heavy (non-hydrogen) atoms. The first-order valence-corrected chi connectivity index (χ1v) is 10.2. The van der Waals surface area contributed by atoms with Gasteiger partial charge in [0.2, 0.25) is 5.91 Å². The molecule has 2 saturated heterocycles. The number of sulfone groups is 1. The second-order valence-electron chi connectivity index (χ2n) is 6.64. The predicted molar refractivity (Wildman–Crippen MR) is 91.0 cm³/mol. The quantitative estimate of drug-likeness (QED) is 0.711. The van der Waals surface area contributed by atoms with Crippen LogP contribution in [0, 0.1) is 5.92 Å². The van der Waals surface area contributed by atoms with E-state index in [4.69, 9.17) is 0 Å². The highest BCUT2D eigenvalue weighted by molar-refractivity contribution is 7.90. The van der Waals surface area contributed by atoms with Crippen molar-refractivity contribution in [3.05, 3.63) is 29.8 Å². The highest BCUT2D eigenvalue weighted by Gasteiger charge is 2.38. The monoisotopic (exact) mass is 380 g/mol. The van der Waals surface area contributed by atoms with Gasteiger partial charge in [-0.1, -0.05) is 12.1 Å². The molecule has 0 spiro atoms. The molecule has 3 amide bonds. The smallest absolute Gasteiger partial charge is 0.417 e. The molecule has 0 aromatic heterocycles. The summed E-state index contributed by atoms with van der Waals surface area (Å²) in [5.74, 6) is -0.247. The Balaban J connectivity index is 1.43. The first-order chi connectivity index (χ1) is 12.2. The highest BCUT2D eigenvalue weighted by Crippen LogP contribution is 2.21. The molecule has 0 radical (unpaired) electrons. The van der Waals surface area contributed by atoms with Crippen molar-refractivity contribution in [1.82, 2.24) is 9.80 Å². The van der Waals surface area contributed by atoms with Crippen molar-refractivity contribution in [2.75, 3.05) is 32.5 Å². The van der Waals surface area contributed by atoms with Crippen LogP contribution in [0.2, 0.25) is 0 Å². The van der Waals surface area contributed by atoms with Gasteiger partial charge >= 0.3 is 6.09 Å². The number of nitrogens with zero attached hydrogens (tertiary/aromatic N) is 2. The van der Waals surface area contributed by atoms with Crippen molar-refractivity contribution in [3.63, 3.8) is 0 Å². The third-order valence-electron chi connectivity index (χ3n) is 4.57. The molecular formula is C17H20N2O6S. The zero-order valence-electron chi connectivity index (χ0n) is 14.4. The second-order valence-corrected chi connectivity index (χ2v) is 8.66. The van der Waals surface area contributed by atoms with Gasteiger partial charge in [0, 0.05) is 38.2 Å². The Bertz CT molecular complexity index is 811. The summed E-state index contributed by atoms with van der Waals surface area (Å²) in [6.07, 6.45) is 1.40. The molecule has 1 aromatic rings. The number of likely N-dealkylation sites (tertiary alicyclic amines) is 1. The van der Waals surface area contributed by atoms with Gasteiger partial charge in [-0.05, 0) is 24.1 Å². The second kappa shape index (κ2) is 7.06. The van der Waals surface area contributed by atoms with Crippen LogP contribution in [0.25, 0.3) is 0 Å². The third kappa shape index (κ3) is 4.04. The molecule has 0 aliphatic carbocycles. The summed E-state index contributed by atoms with van der Waals surface area (Å²) >= 11 is 0. The van der Waals surface area contributed by atoms with E-state index in [0.29, 0.717) is 25.9 Å². The number of carbonyl (C=O) groups excluding carboxylic acids is 3. The van der Waals surface area contributed by atoms with Gasteiger partial charge in [-0.25, -0.2) is 18.1 Å². The molecular weight excluding hydrogens is 360 g/mol. The predicted octanol–water partition coefficient (Wildman–Crippen LogP) is 0.460. The maximum absolute atomic E-state index is 12.2. The van der Waals surface area contributed by atoms with Crippen molar-refractivity contribution in [3.8, 4) is 0 Å². The number of amides is 3. The van der Waals surface area contributed by atoms with Gasteiger partial charge in [-0.2, -0.15) is 0 Å². The number of aryl methyl sites for hydroxylation is 1. The Morgan fingerprint density at radius 2 is 1.85 bits per heavy atom. The number of imide groups is 1. The van der Waals surface area contributed by atoms with Gasteiger partial charge in [0.05, 0.1) is 4.90 Å². The van der Waals surface area contributed by atoms with E-state index in [1.54, 1.807) is 29.2 Å². The highest BCUT2D eigenvalue weighted by atomic mass is 32.2. The SMILES string of the molecule is CS(=O)(=O)c1ccc(CCC(=O)N2CC(CN3C(=O)COC3=O)C2)cc1. The summed E-state index contributed by atoms with van der Waals surface area (Å²) in [6.45, 7) is 1.12. The van der Waals surface area contributed by atoms with Crippen LogP contribution in [0.5, 0.6) is 0 Å². The minimum absolute atomic E-state index is 0.00349. The summed E-state index contributed by atoms with van der Waals surface area (Å²) < 4.78 is 27.5. The summed E-state index contributed by atoms with van der Waals surface area (Å²) in [7, 11) is -3.22. The van der Waals surface area contributed by atoms with Crippen molar-refractivity contribution >= 4 is 27.7 Å². The fourth-order valence-electron chi connectivity index (χ4n) is 3.02. The maximum atomic E-state index is 12.2. The van der Waals surface area contributed by atoms with E-state index in [1.165, 1.54) is 0 Å². The number of ether oxygens (including phenoxy) is 1. The van der Waals surface area contributed by atoms with Gasteiger partial charge in [0.25, 0.3) is 5.91 Å². The lowest BCUT2D eigenvalue weighted by Gasteiger charge is -2.40. The molecule has 2 heterocycles. The first-order valence-electron chi connectivity index (χ1n) is 8.28. The molecule has 2 aliphatic heterocycles. The number of cyclic esters (lactones) is 1. The summed E-state index contributed by atoms with van der Waals surface area (Å²) in [6, 6.07) is 6.52. The number of hydrogen-bond acceptors (Lipinski definition) is 6. The summed E-state index contributed by atoms with van der Waals surface area (Å²) in [5.41, 5.74) is 0.897. The van der Waals surface area contributed by atoms with Crippen LogP contribution in [0.3, 0.4) is 0 Å². The van der Waals surface area contributed by atoms with Gasteiger partial charge in [-0.15, -0.1) is 0 Å². The molecule has 0 saturated carbocycles. The van der Waals surface area contributed by atoms with Crippen LogP contribution in [0.15, 0.2) is 29.2 Å². The summed E-state index contributed by atoms with van der Waals surface area (Å²) in [5, 5.41) is 0. The Hall–Kier alpha value is -2.42. The van der Waals surface area contributed by atoms with Gasteiger partial charge in [-0.3, -0.25) is 9.59 Å². The topological polar surface area (TPSA) is 101 Å². The lowest BCUT2D eigenvalue weighted by atomic mass is 9.98. The van der Waals surface area contributed by atoms with Crippen molar-refractivity contribution in [1.29, 1.82) is 0 Å². The van der Waals surface area contributed by atoms with Crippen LogP contribution >= 0.6 is 0 Å². The van der Waals surface area contributed by atoms with E-state index in [-0.39, 0.29) is 35.8 Å². The molecule has 1 aromatic carbocycles. The number of benzene rings is 1. The Labute approximate surface area is 151 Å². The number of carbonyl (C=O) groups is 3. The molecule has 2 aliphatic rings. The molecule has 8 nitrogen and oxygen atoms in total. The number of hydrogen-bond donors (Lipinski definition) is 0. The number of rotatable bonds is 6. The van der Waals surface area contributed by atoms with E-state index in [0.717, 1.165) is 16.7 Å². The molecule has 0 bridgehead atoms. The molecule has 0 atom stereocenters. The average molecular weight is 380 g/mol. The molecule has 140 valence electrons. The Kier molecular flexibility index (Phi) is 4.99. The van der Waals surface area contributed by atoms with Crippen molar-refractivity contribution in [2.45, 2.75) is 17.7 Å². The van der Waals surface area contributed by atoms with Crippen LogP contribution < -0.4 is 0 Å². The Morgan fingerprint density at radius 3 is 2.38 bits per heavy atom. The van der Waals surface area contributed by atoms with Gasteiger partial charge in [0.1, 0.15) is 0 Å². The fourth-order valence-corrected chi connectivity index (χ4v) is 3.65. The van der Waals surface area contributed by atoms with Crippen molar-refractivity contribution in [2.24, 2.45) is 5.92 Å². The van der Waals surface area contributed by atoms with Crippen LogP contribution in [-0.4, -0.2) is 68.6 Å². The normalized spacial score (nSPS) is 18.0. The summed E-state index contributed by atoms with van der Waals surface area (Å²) in [4.78, 5) is 38.1. The van der Waals surface area contributed by atoms with E-state index < -0.39 is 15.9 Å². The minimum Gasteiger partial charge on any atom is -0.439 e.